The lowest BCUT2D eigenvalue weighted by molar-refractivity contribution is 0.412. The molecular formula is C20H18BrNO2. The monoisotopic (exact) mass is 383 g/mol. The lowest BCUT2D eigenvalue weighted by atomic mass is 10.2. The number of anilines is 1. The van der Waals surface area contributed by atoms with E-state index in [1.165, 1.54) is 5.56 Å². The van der Waals surface area contributed by atoms with Gasteiger partial charge in [0.2, 0.25) is 0 Å². The first-order valence-corrected chi connectivity index (χ1v) is 8.43. The molecule has 0 aliphatic carbocycles. The molecule has 4 heteroatoms. The number of ether oxygens (including phenoxy) is 2. The Morgan fingerprint density at radius 3 is 2.25 bits per heavy atom. The van der Waals surface area contributed by atoms with Gasteiger partial charge in [-0.2, -0.15) is 0 Å². The first-order valence-electron chi connectivity index (χ1n) is 7.64. The van der Waals surface area contributed by atoms with Crippen LogP contribution in [0.15, 0.2) is 77.3 Å². The molecule has 0 bridgehead atoms. The molecule has 0 radical (unpaired) electrons. The Labute approximate surface area is 150 Å². The van der Waals surface area contributed by atoms with Crippen LogP contribution in [0.25, 0.3) is 0 Å². The smallest absolute Gasteiger partial charge is 0.133 e. The number of hydrogen-bond donors (Lipinski definition) is 1. The highest BCUT2D eigenvalue weighted by Crippen LogP contribution is 2.26. The minimum atomic E-state index is 0.738. The van der Waals surface area contributed by atoms with Crippen LogP contribution in [-0.2, 0) is 6.54 Å². The van der Waals surface area contributed by atoms with Gasteiger partial charge in [0.25, 0.3) is 0 Å². The van der Waals surface area contributed by atoms with Crippen LogP contribution in [0.5, 0.6) is 17.2 Å². The van der Waals surface area contributed by atoms with Gasteiger partial charge in [-0.05, 0) is 70.0 Å². The molecule has 0 amide bonds. The van der Waals surface area contributed by atoms with E-state index in [2.05, 4.69) is 27.3 Å². The van der Waals surface area contributed by atoms with Crippen LogP contribution in [-0.4, -0.2) is 7.11 Å². The summed E-state index contributed by atoms with van der Waals surface area (Å²) in [5.41, 5.74) is 2.22. The molecule has 3 nitrogen and oxygen atoms in total. The summed E-state index contributed by atoms with van der Waals surface area (Å²) in [5.74, 6) is 2.49. The Kier molecular flexibility index (Phi) is 5.39. The first-order chi connectivity index (χ1) is 11.7. The van der Waals surface area contributed by atoms with Crippen LogP contribution >= 0.6 is 15.9 Å². The van der Waals surface area contributed by atoms with E-state index in [1.807, 2.05) is 66.7 Å². The zero-order valence-corrected chi connectivity index (χ0v) is 14.9. The number of rotatable bonds is 6. The van der Waals surface area contributed by atoms with Crippen LogP contribution in [0.3, 0.4) is 0 Å². The first kappa shape index (κ1) is 16.4. The maximum Gasteiger partial charge on any atom is 0.133 e. The van der Waals surface area contributed by atoms with Crippen LogP contribution in [0, 0.1) is 0 Å². The van der Waals surface area contributed by atoms with Gasteiger partial charge in [-0.25, -0.2) is 0 Å². The molecule has 3 rings (SSSR count). The zero-order chi connectivity index (χ0) is 16.8. The summed E-state index contributed by atoms with van der Waals surface area (Å²) in [6.07, 6.45) is 0. The Morgan fingerprint density at radius 2 is 1.58 bits per heavy atom. The van der Waals surface area contributed by atoms with Gasteiger partial charge in [0.15, 0.2) is 0 Å². The molecule has 3 aromatic rings. The number of para-hydroxylation sites is 1. The average molecular weight is 384 g/mol. The molecule has 0 atom stereocenters. The summed E-state index contributed by atoms with van der Waals surface area (Å²) in [7, 11) is 1.66. The average Bonchev–Trinajstić information content (AvgIpc) is 2.62. The maximum absolute atomic E-state index is 5.79. The van der Waals surface area contributed by atoms with Crippen molar-refractivity contribution in [3.05, 3.63) is 82.8 Å². The molecule has 0 spiro atoms. The summed E-state index contributed by atoms with van der Waals surface area (Å²) in [6.45, 7) is 0.738. The third-order valence-electron chi connectivity index (χ3n) is 3.55. The molecule has 0 fully saturated rings. The Balaban J connectivity index is 1.59. The molecule has 0 aliphatic rings. The summed E-state index contributed by atoms with van der Waals surface area (Å²) < 4.78 is 12.0. The van der Waals surface area contributed by atoms with Gasteiger partial charge >= 0.3 is 0 Å². The predicted octanol–water partition coefficient (Wildman–Crippen LogP) is 5.86. The topological polar surface area (TPSA) is 30.5 Å². The largest absolute Gasteiger partial charge is 0.496 e. The van der Waals surface area contributed by atoms with E-state index in [4.69, 9.17) is 9.47 Å². The quantitative estimate of drug-likeness (QED) is 0.577. The van der Waals surface area contributed by atoms with E-state index in [1.54, 1.807) is 7.11 Å². The third kappa shape index (κ3) is 4.30. The summed E-state index contributed by atoms with van der Waals surface area (Å²) in [6, 6.07) is 23.8. The van der Waals surface area contributed by atoms with Crippen LogP contribution in [0.4, 0.5) is 5.69 Å². The molecular weight excluding hydrogens is 366 g/mol. The van der Waals surface area contributed by atoms with E-state index >= 15 is 0 Å². The van der Waals surface area contributed by atoms with E-state index in [0.717, 1.165) is 34.0 Å². The molecule has 122 valence electrons. The molecule has 24 heavy (non-hydrogen) atoms. The van der Waals surface area contributed by atoms with Gasteiger partial charge in [-0.3, -0.25) is 0 Å². The highest BCUT2D eigenvalue weighted by atomic mass is 79.9. The van der Waals surface area contributed by atoms with Crippen molar-refractivity contribution in [2.45, 2.75) is 6.54 Å². The fraction of sp³-hybridized carbons (Fsp3) is 0.100. The Bertz CT molecular complexity index is 788. The standard InChI is InChI=1S/C20H18BrNO2/c1-23-20-12-7-15(13-19(20)21)14-22-16-8-10-18(11-9-16)24-17-5-3-2-4-6-17/h2-13,22H,14H2,1H3. The van der Waals surface area contributed by atoms with E-state index in [0.29, 0.717) is 0 Å². The Morgan fingerprint density at radius 1 is 0.875 bits per heavy atom. The number of methoxy groups -OCH3 is 1. The molecule has 1 N–H and O–H groups in total. The number of nitrogens with one attached hydrogen (secondary N) is 1. The second-order valence-electron chi connectivity index (χ2n) is 5.26. The zero-order valence-electron chi connectivity index (χ0n) is 13.3. The van der Waals surface area contributed by atoms with Gasteiger partial charge in [-0.1, -0.05) is 24.3 Å². The van der Waals surface area contributed by atoms with Crippen LogP contribution < -0.4 is 14.8 Å². The van der Waals surface area contributed by atoms with Crippen molar-refractivity contribution in [3.8, 4) is 17.2 Å². The van der Waals surface area contributed by atoms with Crippen molar-refractivity contribution in [2.24, 2.45) is 0 Å². The minimum Gasteiger partial charge on any atom is -0.496 e. The number of benzene rings is 3. The lowest BCUT2D eigenvalue weighted by Gasteiger charge is -2.10. The van der Waals surface area contributed by atoms with Crippen molar-refractivity contribution in [2.75, 3.05) is 12.4 Å². The maximum atomic E-state index is 5.79. The van der Waals surface area contributed by atoms with Crippen molar-refractivity contribution in [1.82, 2.24) is 0 Å². The van der Waals surface area contributed by atoms with Crippen molar-refractivity contribution in [3.63, 3.8) is 0 Å². The van der Waals surface area contributed by atoms with Crippen molar-refractivity contribution >= 4 is 21.6 Å². The summed E-state index contributed by atoms with van der Waals surface area (Å²) in [4.78, 5) is 0. The lowest BCUT2D eigenvalue weighted by Crippen LogP contribution is -1.99. The fourth-order valence-electron chi connectivity index (χ4n) is 2.29. The van der Waals surface area contributed by atoms with Gasteiger partial charge in [0.1, 0.15) is 17.2 Å². The molecule has 0 unspecified atom stereocenters. The van der Waals surface area contributed by atoms with Gasteiger partial charge < -0.3 is 14.8 Å². The molecule has 3 aromatic carbocycles. The van der Waals surface area contributed by atoms with Gasteiger partial charge in [0.05, 0.1) is 11.6 Å². The van der Waals surface area contributed by atoms with Crippen LogP contribution in [0.1, 0.15) is 5.56 Å². The van der Waals surface area contributed by atoms with E-state index in [9.17, 15) is 0 Å². The highest BCUT2D eigenvalue weighted by Gasteiger charge is 2.02. The molecule has 0 saturated carbocycles. The summed E-state index contributed by atoms with van der Waals surface area (Å²) >= 11 is 3.51. The van der Waals surface area contributed by atoms with Crippen molar-refractivity contribution in [1.29, 1.82) is 0 Å². The van der Waals surface area contributed by atoms with Crippen LogP contribution in [0.2, 0.25) is 0 Å². The predicted molar refractivity (Wildman–Crippen MR) is 101 cm³/mol. The fourth-order valence-corrected chi connectivity index (χ4v) is 2.88. The third-order valence-corrected chi connectivity index (χ3v) is 4.17. The molecule has 0 saturated heterocycles. The van der Waals surface area contributed by atoms with E-state index < -0.39 is 0 Å². The molecule has 0 heterocycles. The second-order valence-corrected chi connectivity index (χ2v) is 6.12. The second kappa shape index (κ2) is 7.88. The molecule has 0 aliphatic heterocycles. The SMILES string of the molecule is COc1ccc(CNc2ccc(Oc3ccccc3)cc2)cc1Br. The number of halogens is 1. The van der Waals surface area contributed by atoms with Gasteiger partial charge in [-0.15, -0.1) is 0 Å². The number of hydrogen-bond acceptors (Lipinski definition) is 3. The minimum absolute atomic E-state index is 0.738. The highest BCUT2D eigenvalue weighted by molar-refractivity contribution is 9.10. The van der Waals surface area contributed by atoms with E-state index in [-0.39, 0.29) is 0 Å². The van der Waals surface area contributed by atoms with Crippen molar-refractivity contribution < 1.29 is 9.47 Å². The molecule has 0 aromatic heterocycles. The summed E-state index contributed by atoms with van der Waals surface area (Å²) in [5, 5.41) is 3.40. The van der Waals surface area contributed by atoms with Gasteiger partial charge in [0, 0.05) is 12.2 Å². The Hall–Kier alpha value is -2.46. The normalized spacial score (nSPS) is 10.2.